The van der Waals surface area contributed by atoms with E-state index in [1.807, 2.05) is 0 Å². The molecule has 23 heavy (non-hydrogen) atoms. The van der Waals surface area contributed by atoms with Crippen LogP contribution in [0.25, 0.3) is 6.08 Å². The SMILES string of the molecule is COC(=O)C=Cc1ccc(OCc2ccc(F)cc2)c(OC)c1. The summed E-state index contributed by atoms with van der Waals surface area (Å²) in [5, 5.41) is 0. The summed E-state index contributed by atoms with van der Waals surface area (Å²) in [6, 6.07) is 11.4. The lowest BCUT2D eigenvalue weighted by atomic mass is 10.2. The third kappa shape index (κ3) is 4.85. The van der Waals surface area contributed by atoms with Crippen LogP contribution in [0, 0.1) is 5.82 Å². The average Bonchev–Trinajstić information content (AvgIpc) is 2.59. The van der Waals surface area contributed by atoms with Crippen molar-refractivity contribution in [3.63, 3.8) is 0 Å². The first-order valence-electron chi connectivity index (χ1n) is 6.93. The molecule has 5 heteroatoms. The Morgan fingerprint density at radius 3 is 2.48 bits per heavy atom. The van der Waals surface area contributed by atoms with Crippen molar-refractivity contribution in [2.24, 2.45) is 0 Å². The molecule has 0 aliphatic carbocycles. The van der Waals surface area contributed by atoms with Gasteiger partial charge in [-0.1, -0.05) is 18.2 Å². The van der Waals surface area contributed by atoms with Gasteiger partial charge in [-0.25, -0.2) is 9.18 Å². The van der Waals surface area contributed by atoms with Crippen molar-refractivity contribution in [1.29, 1.82) is 0 Å². The Morgan fingerprint density at radius 2 is 1.83 bits per heavy atom. The maximum atomic E-state index is 12.9. The zero-order valence-corrected chi connectivity index (χ0v) is 12.9. The van der Waals surface area contributed by atoms with Crippen LogP contribution < -0.4 is 9.47 Å². The quantitative estimate of drug-likeness (QED) is 0.603. The van der Waals surface area contributed by atoms with Crippen molar-refractivity contribution in [3.05, 3.63) is 65.5 Å². The first kappa shape index (κ1) is 16.5. The first-order valence-corrected chi connectivity index (χ1v) is 6.93. The zero-order chi connectivity index (χ0) is 16.7. The highest BCUT2D eigenvalue weighted by Gasteiger charge is 2.06. The minimum absolute atomic E-state index is 0.284. The minimum atomic E-state index is -0.430. The van der Waals surface area contributed by atoms with Gasteiger partial charge in [0.25, 0.3) is 0 Å². The molecule has 120 valence electrons. The Labute approximate surface area is 134 Å². The number of benzene rings is 2. The standard InChI is InChI=1S/C18H17FO4/c1-21-17-11-13(6-10-18(20)22-2)5-9-16(17)23-12-14-3-7-15(19)8-4-14/h3-11H,12H2,1-2H3. The van der Waals surface area contributed by atoms with E-state index in [1.165, 1.54) is 32.4 Å². The van der Waals surface area contributed by atoms with E-state index in [0.29, 0.717) is 18.1 Å². The van der Waals surface area contributed by atoms with Crippen LogP contribution in [0.5, 0.6) is 11.5 Å². The van der Waals surface area contributed by atoms with Gasteiger partial charge in [-0.3, -0.25) is 0 Å². The second kappa shape index (κ2) is 7.98. The lowest BCUT2D eigenvalue weighted by Gasteiger charge is -2.11. The van der Waals surface area contributed by atoms with Gasteiger partial charge in [0.15, 0.2) is 11.5 Å². The highest BCUT2D eigenvalue weighted by Crippen LogP contribution is 2.29. The van der Waals surface area contributed by atoms with Crippen LogP contribution in [0.4, 0.5) is 4.39 Å². The lowest BCUT2D eigenvalue weighted by Crippen LogP contribution is -1.98. The summed E-state index contributed by atoms with van der Waals surface area (Å²) in [5.74, 6) is 0.389. The van der Waals surface area contributed by atoms with E-state index < -0.39 is 5.97 Å². The van der Waals surface area contributed by atoms with Crippen LogP contribution in [0.1, 0.15) is 11.1 Å². The van der Waals surface area contributed by atoms with E-state index >= 15 is 0 Å². The normalized spacial score (nSPS) is 10.6. The van der Waals surface area contributed by atoms with Crippen molar-refractivity contribution in [1.82, 2.24) is 0 Å². The first-order chi connectivity index (χ1) is 11.1. The summed E-state index contributed by atoms with van der Waals surface area (Å²) in [5.41, 5.74) is 1.63. The van der Waals surface area contributed by atoms with Crippen LogP contribution in [0.15, 0.2) is 48.5 Å². The van der Waals surface area contributed by atoms with Crippen LogP contribution in [0.2, 0.25) is 0 Å². The Bertz CT molecular complexity index is 693. The van der Waals surface area contributed by atoms with Gasteiger partial charge in [-0.2, -0.15) is 0 Å². The summed E-state index contributed by atoms with van der Waals surface area (Å²) in [7, 11) is 2.85. The highest BCUT2D eigenvalue weighted by molar-refractivity contribution is 5.87. The van der Waals surface area contributed by atoms with Gasteiger partial charge in [0.05, 0.1) is 14.2 Å². The number of esters is 1. The fourth-order valence-corrected chi connectivity index (χ4v) is 1.88. The predicted molar refractivity (Wildman–Crippen MR) is 84.8 cm³/mol. The number of carbonyl (C=O) groups is 1. The number of carbonyl (C=O) groups excluding carboxylic acids is 1. The molecule has 0 saturated heterocycles. The number of methoxy groups -OCH3 is 2. The van der Waals surface area contributed by atoms with Crippen LogP contribution in [-0.2, 0) is 16.1 Å². The molecular formula is C18H17FO4. The average molecular weight is 316 g/mol. The third-order valence-electron chi connectivity index (χ3n) is 3.11. The van der Waals surface area contributed by atoms with Crippen molar-refractivity contribution in [2.45, 2.75) is 6.61 Å². The van der Waals surface area contributed by atoms with Gasteiger partial charge in [0.1, 0.15) is 12.4 Å². The monoisotopic (exact) mass is 316 g/mol. The topological polar surface area (TPSA) is 44.8 Å². The Kier molecular flexibility index (Phi) is 5.74. The molecule has 0 aromatic heterocycles. The number of hydrogen-bond acceptors (Lipinski definition) is 4. The molecule has 0 bridgehead atoms. The molecule has 0 heterocycles. The molecule has 0 atom stereocenters. The molecule has 0 N–H and O–H groups in total. The van der Waals surface area contributed by atoms with Gasteiger partial charge in [-0.15, -0.1) is 0 Å². The Balaban J connectivity index is 2.08. The molecule has 2 aromatic carbocycles. The highest BCUT2D eigenvalue weighted by atomic mass is 19.1. The van der Waals surface area contributed by atoms with E-state index in [2.05, 4.69) is 4.74 Å². The molecule has 0 aliphatic heterocycles. The van der Waals surface area contributed by atoms with Crippen LogP contribution in [-0.4, -0.2) is 20.2 Å². The van der Waals surface area contributed by atoms with Crippen molar-refractivity contribution >= 4 is 12.0 Å². The lowest BCUT2D eigenvalue weighted by molar-refractivity contribution is -0.134. The molecule has 2 rings (SSSR count). The number of rotatable bonds is 6. The Hall–Kier alpha value is -2.82. The molecule has 0 amide bonds. The van der Waals surface area contributed by atoms with Gasteiger partial charge in [-0.05, 0) is 41.5 Å². The van der Waals surface area contributed by atoms with Gasteiger partial charge >= 0.3 is 5.97 Å². The second-order valence-corrected chi connectivity index (χ2v) is 4.68. The molecule has 0 spiro atoms. The molecule has 4 nitrogen and oxygen atoms in total. The van der Waals surface area contributed by atoms with E-state index in [0.717, 1.165) is 11.1 Å². The molecular weight excluding hydrogens is 299 g/mol. The summed E-state index contributed by atoms with van der Waals surface area (Å²) < 4.78 is 28.4. The van der Waals surface area contributed by atoms with E-state index in [9.17, 15) is 9.18 Å². The minimum Gasteiger partial charge on any atom is -0.493 e. The van der Waals surface area contributed by atoms with Gasteiger partial charge in [0.2, 0.25) is 0 Å². The predicted octanol–water partition coefficient (Wildman–Crippen LogP) is 3.60. The van der Waals surface area contributed by atoms with Crippen molar-refractivity contribution in [2.75, 3.05) is 14.2 Å². The molecule has 0 saturated carbocycles. The van der Waals surface area contributed by atoms with Gasteiger partial charge < -0.3 is 14.2 Å². The Morgan fingerprint density at radius 1 is 1.09 bits per heavy atom. The summed E-state index contributed by atoms with van der Waals surface area (Å²) >= 11 is 0. The number of halogens is 1. The molecule has 0 aliphatic rings. The van der Waals surface area contributed by atoms with E-state index in [-0.39, 0.29) is 5.82 Å². The van der Waals surface area contributed by atoms with Crippen molar-refractivity contribution < 1.29 is 23.4 Å². The van der Waals surface area contributed by atoms with Crippen molar-refractivity contribution in [3.8, 4) is 11.5 Å². The number of ether oxygens (including phenoxy) is 3. The molecule has 0 unspecified atom stereocenters. The zero-order valence-electron chi connectivity index (χ0n) is 12.9. The van der Waals surface area contributed by atoms with Crippen LogP contribution >= 0.6 is 0 Å². The van der Waals surface area contributed by atoms with Gasteiger partial charge in [0, 0.05) is 6.08 Å². The number of hydrogen-bond donors (Lipinski definition) is 0. The fraction of sp³-hybridized carbons (Fsp3) is 0.167. The maximum Gasteiger partial charge on any atom is 0.330 e. The largest absolute Gasteiger partial charge is 0.493 e. The molecule has 2 aromatic rings. The summed E-state index contributed by atoms with van der Waals surface area (Å²) in [6.07, 6.45) is 2.95. The summed E-state index contributed by atoms with van der Waals surface area (Å²) in [6.45, 7) is 0.300. The van der Waals surface area contributed by atoms with Crippen LogP contribution in [0.3, 0.4) is 0 Å². The maximum absolute atomic E-state index is 12.9. The second-order valence-electron chi connectivity index (χ2n) is 4.68. The summed E-state index contributed by atoms with van der Waals surface area (Å²) in [4.78, 5) is 11.1. The van der Waals surface area contributed by atoms with E-state index in [1.54, 1.807) is 36.4 Å². The third-order valence-corrected chi connectivity index (χ3v) is 3.11. The van der Waals surface area contributed by atoms with E-state index in [4.69, 9.17) is 9.47 Å². The fourth-order valence-electron chi connectivity index (χ4n) is 1.88. The molecule has 0 radical (unpaired) electrons. The molecule has 0 fully saturated rings. The smallest absolute Gasteiger partial charge is 0.330 e.